The summed E-state index contributed by atoms with van der Waals surface area (Å²) in [6, 6.07) is 5.06. The summed E-state index contributed by atoms with van der Waals surface area (Å²) in [5.74, 6) is -0.194. The highest BCUT2D eigenvalue weighted by Crippen LogP contribution is 2.29. The summed E-state index contributed by atoms with van der Waals surface area (Å²) in [5, 5.41) is 3.04. The van der Waals surface area contributed by atoms with E-state index in [1.807, 2.05) is 52.8 Å². The molecule has 3 N–H and O–H groups in total. The van der Waals surface area contributed by atoms with Crippen molar-refractivity contribution in [1.82, 2.24) is 10.2 Å². The molecule has 1 unspecified atom stereocenters. The minimum absolute atomic E-state index is 0.194. The summed E-state index contributed by atoms with van der Waals surface area (Å²) >= 11 is 3.39. The van der Waals surface area contributed by atoms with E-state index in [1.165, 1.54) is 4.90 Å². The zero-order valence-corrected chi connectivity index (χ0v) is 17.6. The molecule has 1 aliphatic rings. The Bertz CT molecular complexity index is 698. The molecule has 6 nitrogen and oxygen atoms in total. The first-order chi connectivity index (χ1) is 11.9. The van der Waals surface area contributed by atoms with Crippen LogP contribution in [0.1, 0.15) is 53.0 Å². The molecule has 0 aromatic heterocycles. The Labute approximate surface area is 163 Å². The Morgan fingerprint density at radius 2 is 1.92 bits per heavy atom. The number of amides is 2. The minimum Gasteiger partial charge on any atom is -0.444 e. The lowest BCUT2D eigenvalue weighted by Gasteiger charge is -2.32. The third-order valence-corrected chi connectivity index (χ3v) is 4.80. The number of nitrogen functional groups attached to an aromatic ring is 1. The fourth-order valence-electron chi connectivity index (χ4n) is 3.14. The average Bonchev–Trinajstić information content (AvgIpc) is 2.93. The van der Waals surface area contributed by atoms with E-state index >= 15 is 0 Å². The highest BCUT2D eigenvalue weighted by Gasteiger charge is 2.38. The third kappa shape index (κ3) is 4.90. The zero-order valence-electron chi connectivity index (χ0n) is 16.1. The number of ether oxygens (including phenoxy) is 1. The molecule has 0 spiro atoms. The minimum atomic E-state index is -0.663. The van der Waals surface area contributed by atoms with Crippen molar-refractivity contribution in [2.45, 2.75) is 64.6 Å². The van der Waals surface area contributed by atoms with Crippen molar-refractivity contribution in [3.63, 3.8) is 0 Å². The second-order valence-electron chi connectivity index (χ2n) is 8.18. The van der Waals surface area contributed by atoms with Crippen molar-refractivity contribution < 1.29 is 14.3 Å². The van der Waals surface area contributed by atoms with Crippen LogP contribution in [-0.2, 0) is 15.1 Å². The van der Waals surface area contributed by atoms with Gasteiger partial charge in [0.15, 0.2) is 0 Å². The molecule has 1 aromatic carbocycles. The molecule has 26 heavy (non-hydrogen) atoms. The van der Waals surface area contributed by atoms with Crippen LogP contribution in [0.25, 0.3) is 0 Å². The van der Waals surface area contributed by atoms with E-state index < -0.39 is 23.3 Å². The lowest BCUT2D eigenvalue weighted by molar-refractivity contribution is -0.127. The fourth-order valence-corrected chi connectivity index (χ4v) is 3.52. The lowest BCUT2D eigenvalue weighted by atomic mass is 9.92. The highest BCUT2D eigenvalue weighted by atomic mass is 79.9. The first-order valence-corrected chi connectivity index (χ1v) is 9.57. The van der Waals surface area contributed by atoms with E-state index in [4.69, 9.17) is 10.5 Å². The third-order valence-electron chi connectivity index (χ3n) is 4.31. The summed E-state index contributed by atoms with van der Waals surface area (Å²) in [6.45, 7) is 9.77. The summed E-state index contributed by atoms with van der Waals surface area (Å²) in [7, 11) is 0. The number of nitrogens with one attached hydrogen (secondary N) is 1. The van der Waals surface area contributed by atoms with Gasteiger partial charge in [0, 0.05) is 16.7 Å². The van der Waals surface area contributed by atoms with Crippen LogP contribution in [0, 0.1) is 0 Å². The molecule has 0 bridgehead atoms. The van der Waals surface area contributed by atoms with Crippen LogP contribution in [0.4, 0.5) is 10.5 Å². The summed E-state index contributed by atoms with van der Waals surface area (Å²) in [4.78, 5) is 26.8. The number of nitrogens with zero attached hydrogens (tertiary/aromatic N) is 1. The number of carbonyl (C=O) groups excluding carboxylic acids is 2. The van der Waals surface area contributed by atoms with Gasteiger partial charge in [0.25, 0.3) is 0 Å². The van der Waals surface area contributed by atoms with E-state index in [9.17, 15) is 9.59 Å². The second kappa shape index (κ2) is 7.47. The zero-order chi connectivity index (χ0) is 19.7. The summed E-state index contributed by atoms with van der Waals surface area (Å²) < 4.78 is 6.31. The normalized spacial score (nSPS) is 17.9. The molecule has 1 aliphatic heterocycles. The standard InChI is InChI=1S/C19H28BrN3O3/c1-18(2,3)26-17(25)23-10-6-7-15(23)16(24)22-19(4,5)13-9-8-12(20)11-14(13)21/h8-9,11,15H,6-7,10,21H2,1-5H3,(H,22,24). The van der Waals surface area contributed by atoms with Gasteiger partial charge in [-0.15, -0.1) is 0 Å². The quantitative estimate of drug-likeness (QED) is 0.721. The molecule has 2 amide bonds. The van der Waals surface area contributed by atoms with Gasteiger partial charge in [0.2, 0.25) is 5.91 Å². The molecule has 0 aliphatic carbocycles. The molecule has 1 heterocycles. The summed E-state index contributed by atoms with van der Waals surface area (Å²) in [5.41, 5.74) is 6.29. The lowest BCUT2D eigenvalue weighted by Crippen LogP contribution is -2.52. The Morgan fingerprint density at radius 1 is 1.27 bits per heavy atom. The number of benzene rings is 1. The van der Waals surface area contributed by atoms with Gasteiger partial charge in [0.05, 0.1) is 5.54 Å². The number of carbonyl (C=O) groups is 2. The maximum absolute atomic E-state index is 12.9. The predicted molar refractivity (Wildman–Crippen MR) is 106 cm³/mol. The maximum Gasteiger partial charge on any atom is 0.410 e. The van der Waals surface area contributed by atoms with Crippen LogP contribution < -0.4 is 11.1 Å². The van der Waals surface area contributed by atoms with E-state index in [1.54, 1.807) is 0 Å². The van der Waals surface area contributed by atoms with Gasteiger partial charge in [-0.1, -0.05) is 22.0 Å². The van der Waals surface area contributed by atoms with Gasteiger partial charge in [-0.05, 0) is 65.2 Å². The van der Waals surface area contributed by atoms with Crippen molar-refractivity contribution in [3.05, 3.63) is 28.2 Å². The van der Waals surface area contributed by atoms with Crippen molar-refractivity contribution in [3.8, 4) is 0 Å². The van der Waals surface area contributed by atoms with Gasteiger partial charge in [-0.3, -0.25) is 9.69 Å². The number of halogens is 1. The van der Waals surface area contributed by atoms with Gasteiger partial charge < -0.3 is 15.8 Å². The summed E-state index contributed by atoms with van der Waals surface area (Å²) in [6.07, 6.45) is 0.950. The smallest absolute Gasteiger partial charge is 0.410 e. The van der Waals surface area contributed by atoms with Crippen molar-refractivity contribution in [2.75, 3.05) is 12.3 Å². The van der Waals surface area contributed by atoms with Crippen LogP contribution in [-0.4, -0.2) is 35.1 Å². The molecule has 144 valence electrons. The average molecular weight is 426 g/mol. The van der Waals surface area contributed by atoms with Gasteiger partial charge in [-0.2, -0.15) is 0 Å². The molecule has 1 aromatic rings. The first-order valence-electron chi connectivity index (χ1n) is 8.78. The predicted octanol–water partition coefficient (Wildman–Crippen LogP) is 3.78. The molecule has 1 fully saturated rings. The molecule has 1 atom stereocenters. The van der Waals surface area contributed by atoms with Gasteiger partial charge >= 0.3 is 6.09 Å². The number of anilines is 1. The van der Waals surface area contributed by atoms with E-state index in [-0.39, 0.29) is 5.91 Å². The van der Waals surface area contributed by atoms with Crippen LogP contribution in [0.5, 0.6) is 0 Å². The van der Waals surface area contributed by atoms with E-state index in [0.717, 1.165) is 16.5 Å². The SMILES string of the molecule is CC(C)(C)OC(=O)N1CCCC1C(=O)NC(C)(C)c1ccc(Br)cc1N. The topological polar surface area (TPSA) is 84.7 Å². The number of nitrogens with two attached hydrogens (primary N) is 1. The van der Waals surface area contributed by atoms with E-state index in [2.05, 4.69) is 21.2 Å². The fraction of sp³-hybridized carbons (Fsp3) is 0.579. The highest BCUT2D eigenvalue weighted by molar-refractivity contribution is 9.10. The molecule has 7 heteroatoms. The second-order valence-corrected chi connectivity index (χ2v) is 9.09. The monoisotopic (exact) mass is 425 g/mol. The van der Waals surface area contributed by atoms with Crippen LogP contribution >= 0.6 is 15.9 Å². The maximum atomic E-state index is 12.9. The largest absolute Gasteiger partial charge is 0.444 e. The van der Waals surface area contributed by atoms with Crippen LogP contribution in [0.15, 0.2) is 22.7 Å². The van der Waals surface area contributed by atoms with Crippen molar-refractivity contribution in [2.24, 2.45) is 0 Å². The number of likely N-dealkylation sites (tertiary alicyclic amines) is 1. The Kier molecular flexibility index (Phi) is 5.90. The van der Waals surface area contributed by atoms with Crippen molar-refractivity contribution in [1.29, 1.82) is 0 Å². The molecule has 2 rings (SSSR count). The van der Waals surface area contributed by atoms with Crippen molar-refractivity contribution >= 4 is 33.6 Å². The van der Waals surface area contributed by atoms with E-state index in [0.29, 0.717) is 18.7 Å². The Hall–Kier alpha value is -1.76. The molecular formula is C19H28BrN3O3. The van der Waals surface area contributed by atoms with Gasteiger partial charge in [-0.25, -0.2) is 4.79 Å². The molecule has 0 saturated carbocycles. The Morgan fingerprint density at radius 3 is 2.50 bits per heavy atom. The Balaban J connectivity index is 2.13. The number of rotatable bonds is 3. The molecule has 0 radical (unpaired) electrons. The molecular weight excluding hydrogens is 398 g/mol. The van der Waals surface area contributed by atoms with Crippen LogP contribution in [0.3, 0.4) is 0 Å². The molecule has 1 saturated heterocycles. The number of hydrogen-bond donors (Lipinski definition) is 2. The van der Waals surface area contributed by atoms with Gasteiger partial charge in [0.1, 0.15) is 11.6 Å². The number of hydrogen-bond acceptors (Lipinski definition) is 4. The van der Waals surface area contributed by atoms with Crippen LogP contribution in [0.2, 0.25) is 0 Å². The first kappa shape index (κ1) is 20.6.